The number of anilines is 1. The predicted molar refractivity (Wildman–Crippen MR) is 142 cm³/mol. The van der Waals surface area contributed by atoms with Crippen LogP contribution in [0.4, 0.5) is 13.9 Å². The number of carbonyl (C=O) groups is 2. The van der Waals surface area contributed by atoms with Gasteiger partial charge < -0.3 is 15.3 Å². The van der Waals surface area contributed by atoms with Crippen molar-refractivity contribution < 1.29 is 23.5 Å². The van der Waals surface area contributed by atoms with E-state index in [9.17, 15) is 18.4 Å². The average Bonchev–Trinajstić information content (AvgIpc) is 3.57. The minimum absolute atomic E-state index is 0.0657. The van der Waals surface area contributed by atoms with Crippen LogP contribution in [0.3, 0.4) is 0 Å². The fourth-order valence-corrected chi connectivity index (χ4v) is 5.54. The number of nitrogens with zero attached hydrogens (tertiary/aromatic N) is 2. The highest BCUT2D eigenvalue weighted by atomic mass is 32.1. The number of hydrogen-bond donors (Lipinski definition) is 2. The standard InChI is InChI=1S/C29H25F2N3O3S/c30-24-10-9-22(15-25(24)31)26-17-38-29(33-26)34(23-13-20-3-1-2-4-21(20)14-23)16-18-5-7-19(8-6-18)28(37)32-12-11-27(35)36/h1-10,15,17,23H,11-14,16H2,(H,32,37)(H,35,36). The molecule has 4 aromatic rings. The van der Waals surface area contributed by atoms with E-state index in [0.29, 0.717) is 23.4 Å². The van der Waals surface area contributed by atoms with Gasteiger partial charge in [0.2, 0.25) is 0 Å². The Hall–Kier alpha value is -4.11. The molecule has 2 N–H and O–H groups in total. The molecule has 0 radical (unpaired) electrons. The number of aromatic nitrogens is 1. The van der Waals surface area contributed by atoms with Crippen molar-refractivity contribution in [2.75, 3.05) is 11.4 Å². The Morgan fingerprint density at radius 3 is 2.37 bits per heavy atom. The third-order valence-electron chi connectivity index (χ3n) is 6.62. The first-order valence-corrected chi connectivity index (χ1v) is 13.1. The number of fused-ring (bicyclic) bond motifs is 1. The van der Waals surface area contributed by atoms with Crippen LogP contribution < -0.4 is 10.2 Å². The Bertz CT molecular complexity index is 1450. The first-order chi connectivity index (χ1) is 18.4. The van der Waals surface area contributed by atoms with E-state index in [1.54, 1.807) is 12.1 Å². The maximum Gasteiger partial charge on any atom is 0.305 e. The monoisotopic (exact) mass is 533 g/mol. The van der Waals surface area contributed by atoms with Crippen LogP contribution in [0.2, 0.25) is 0 Å². The highest BCUT2D eigenvalue weighted by Crippen LogP contribution is 2.34. The molecular weight excluding hydrogens is 508 g/mol. The van der Waals surface area contributed by atoms with Gasteiger partial charge in [-0.05, 0) is 59.9 Å². The van der Waals surface area contributed by atoms with Gasteiger partial charge >= 0.3 is 5.97 Å². The molecule has 0 saturated carbocycles. The molecule has 3 aromatic carbocycles. The molecule has 0 spiro atoms. The van der Waals surface area contributed by atoms with Crippen molar-refractivity contribution >= 4 is 28.3 Å². The van der Waals surface area contributed by atoms with Gasteiger partial charge in [0.1, 0.15) is 0 Å². The summed E-state index contributed by atoms with van der Waals surface area (Å²) in [4.78, 5) is 30.0. The lowest BCUT2D eigenvalue weighted by molar-refractivity contribution is -0.136. The molecule has 0 atom stereocenters. The number of carboxylic acids is 1. The summed E-state index contributed by atoms with van der Waals surface area (Å²) < 4.78 is 27.3. The van der Waals surface area contributed by atoms with Crippen molar-refractivity contribution in [3.05, 3.63) is 106 Å². The highest BCUT2D eigenvalue weighted by molar-refractivity contribution is 7.14. The number of carboxylic acid groups (broad SMARTS) is 1. The molecule has 0 fully saturated rings. The van der Waals surface area contributed by atoms with Crippen LogP contribution in [0.25, 0.3) is 11.3 Å². The van der Waals surface area contributed by atoms with Crippen molar-refractivity contribution in [3.8, 4) is 11.3 Å². The van der Waals surface area contributed by atoms with Crippen LogP contribution in [0.15, 0.2) is 72.1 Å². The minimum atomic E-state index is -0.968. The molecule has 1 aliphatic rings. The minimum Gasteiger partial charge on any atom is -0.481 e. The van der Waals surface area contributed by atoms with Gasteiger partial charge in [-0.2, -0.15) is 0 Å². The molecule has 5 rings (SSSR count). The summed E-state index contributed by atoms with van der Waals surface area (Å²) in [5, 5.41) is 14.0. The number of nitrogens with one attached hydrogen (secondary N) is 1. The zero-order valence-corrected chi connectivity index (χ0v) is 21.2. The normalized spacial score (nSPS) is 12.8. The fraction of sp³-hybridized carbons (Fsp3) is 0.207. The lowest BCUT2D eigenvalue weighted by atomic mass is 10.1. The third-order valence-corrected chi connectivity index (χ3v) is 7.49. The van der Waals surface area contributed by atoms with E-state index in [1.165, 1.54) is 28.5 Å². The van der Waals surface area contributed by atoms with Crippen LogP contribution in [0.1, 0.15) is 33.5 Å². The molecule has 6 nitrogen and oxygen atoms in total. The number of benzene rings is 3. The number of carbonyl (C=O) groups excluding carboxylic acids is 1. The van der Waals surface area contributed by atoms with E-state index in [2.05, 4.69) is 22.3 Å². The Labute approximate surface area is 222 Å². The quantitative estimate of drug-likeness (QED) is 0.298. The summed E-state index contributed by atoms with van der Waals surface area (Å²) in [5.41, 5.74) is 5.13. The van der Waals surface area contributed by atoms with Crippen molar-refractivity contribution in [1.29, 1.82) is 0 Å². The van der Waals surface area contributed by atoms with Crippen molar-refractivity contribution in [1.82, 2.24) is 10.3 Å². The van der Waals surface area contributed by atoms with Crippen LogP contribution in [0, 0.1) is 11.6 Å². The maximum atomic E-state index is 13.8. The predicted octanol–water partition coefficient (Wildman–Crippen LogP) is 5.47. The second-order valence-corrected chi connectivity index (χ2v) is 10.0. The SMILES string of the molecule is O=C(O)CCNC(=O)c1ccc(CN(c2nc(-c3ccc(F)c(F)c3)cs2)C2Cc3ccccc3C2)cc1. The number of amides is 1. The average molecular weight is 534 g/mol. The van der Waals surface area contributed by atoms with E-state index in [4.69, 9.17) is 10.1 Å². The Kier molecular flexibility index (Phi) is 7.46. The molecular formula is C29H25F2N3O3S. The molecule has 0 unspecified atom stereocenters. The van der Waals surface area contributed by atoms with Crippen molar-refractivity contribution in [2.45, 2.75) is 31.8 Å². The van der Waals surface area contributed by atoms with Gasteiger partial charge in [-0.1, -0.05) is 36.4 Å². The van der Waals surface area contributed by atoms with Crippen molar-refractivity contribution in [2.24, 2.45) is 0 Å². The lowest BCUT2D eigenvalue weighted by Gasteiger charge is -2.29. The zero-order chi connectivity index (χ0) is 26.6. The molecule has 1 aromatic heterocycles. The number of rotatable bonds is 9. The second-order valence-electron chi connectivity index (χ2n) is 9.20. The first kappa shape index (κ1) is 25.5. The second kappa shape index (κ2) is 11.1. The van der Waals surface area contributed by atoms with Gasteiger partial charge in [0.25, 0.3) is 5.91 Å². The maximum absolute atomic E-state index is 13.8. The number of aliphatic carboxylic acids is 1. The van der Waals surface area contributed by atoms with Gasteiger partial charge in [-0.3, -0.25) is 9.59 Å². The summed E-state index contributed by atoms with van der Waals surface area (Å²) in [5.74, 6) is -3.09. The summed E-state index contributed by atoms with van der Waals surface area (Å²) in [6.45, 7) is 0.612. The molecule has 1 heterocycles. The summed E-state index contributed by atoms with van der Waals surface area (Å²) in [7, 11) is 0. The highest BCUT2D eigenvalue weighted by Gasteiger charge is 2.29. The Morgan fingerprint density at radius 2 is 1.71 bits per heavy atom. The van der Waals surface area contributed by atoms with E-state index in [-0.39, 0.29) is 24.9 Å². The van der Waals surface area contributed by atoms with Crippen LogP contribution in [-0.2, 0) is 24.2 Å². The smallest absolute Gasteiger partial charge is 0.305 e. The molecule has 0 aliphatic heterocycles. The molecule has 0 saturated heterocycles. The third kappa shape index (κ3) is 5.73. The number of hydrogen-bond acceptors (Lipinski definition) is 5. The topological polar surface area (TPSA) is 82.5 Å². The Balaban J connectivity index is 1.37. The van der Waals surface area contributed by atoms with E-state index >= 15 is 0 Å². The van der Waals surface area contributed by atoms with Gasteiger partial charge in [0.05, 0.1) is 12.1 Å². The van der Waals surface area contributed by atoms with E-state index in [0.717, 1.165) is 35.7 Å². The number of thiazole rings is 1. The van der Waals surface area contributed by atoms with E-state index in [1.807, 2.05) is 29.6 Å². The fourth-order valence-electron chi connectivity index (χ4n) is 4.64. The summed E-state index contributed by atoms with van der Waals surface area (Å²) >= 11 is 1.45. The molecule has 1 amide bonds. The summed E-state index contributed by atoms with van der Waals surface area (Å²) in [6.07, 6.45) is 1.59. The van der Waals surface area contributed by atoms with Gasteiger partial charge in [-0.25, -0.2) is 13.8 Å². The number of halogens is 2. The van der Waals surface area contributed by atoms with Gasteiger partial charge in [-0.15, -0.1) is 11.3 Å². The largest absolute Gasteiger partial charge is 0.481 e. The molecule has 9 heteroatoms. The van der Waals surface area contributed by atoms with Crippen LogP contribution >= 0.6 is 11.3 Å². The van der Waals surface area contributed by atoms with Gasteiger partial charge in [0.15, 0.2) is 16.8 Å². The first-order valence-electron chi connectivity index (χ1n) is 12.2. The Morgan fingerprint density at radius 1 is 1.00 bits per heavy atom. The molecule has 194 valence electrons. The van der Waals surface area contributed by atoms with Crippen LogP contribution in [0.5, 0.6) is 0 Å². The zero-order valence-electron chi connectivity index (χ0n) is 20.4. The van der Waals surface area contributed by atoms with Crippen LogP contribution in [-0.4, -0.2) is 34.6 Å². The summed E-state index contributed by atoms with van der Waals surface area (Å²) in [6, 6.07) is 19.5. The molecule has 1 aliphatic carbocycles. The van der Waals surface area contributed by atoms with Gasteiger partial charge in [0, 0.05) is 35.6 Å². The molecule has 0 bridgehead atoms. The van der Waals surface area contributed by atoms with Crippen molar-refractivity contribution in [3.63, 3.8) is 0 Å². The molecule has 38 heavy (non-hydrogen) atoms. The van der Waals surface area contributed by atoms with E-state index < -0.39 is 17.6 Å². The lowest BCUT2D eigenvalue weighted by Crippen LogP contribution is -2.35.